The zero-order chi connectivity index (χ0) is 16.9. The molecule has 0 atom stereocenters. The molecule has 0 bridgehead atoms. The van der Waals surface area contributed by atoms with Gasteiger partial charge in [0.1, 0.15) is 0 Å². The normalized spacial score (nSPS) is 16.2. The molecule has 1 aliphatic rings. The van der Waals surface area contributed by atoms with Gasteiger partial charge in [0.25, 0.3) is 5.69 Å². The van der Waals surface area contributed by atoms with Crippen LogP contribution in [-0.2, 0) is 13.1 Å². The maximum absolute atomic E-state index is 11.1. The van der Waals surface area contributed by atoms with Gasteiger partial charge in [0.15, 0.2) is 0 Å². The summed E-state index contributed by atoms with van der Waals surface area (Å²) in [4.78, 5) is 19.7. The van der Waals surface area contributed by atoms with Crippen LogP contribution in [0.1, 0.15) is 16.7 Å². The van der Waals surface area contributed by atoms with Crippen molar-refractivity contribution in [2.75, 3.05) is 26.2 Å². The van der Waals surface area contributed by atoms with Gasteiger partial charge in [0, 0.05) is 63.3 Å². The van der Waals surface area contributed by atoms with Crippen molar-refractivity contribution in [3.05, 3.63) is 69.5 Å². The Labute approximate surface area is 141 Å². The van der Waals surface area contributed by atoms with Crippen LogP contribution in [0.3, 0.4) is 0 Å². The second-order valence-electron chi connectivity index (χ2n) is 6.23. The smallest absolute Gasteiger partial charge is 0.272 e. The van der Waals surface area contributed by atoms with Gasteiger partial charge < -0.3 is 0 Å². The molecule has 0 radical (unpaired) electrons. The standard InChI is InChI=1S/C18H22N4O2/c1-15-17(5-2-6-18(15)22(23)24)14-21-10-8-20(9-11-21)13-16-4-3-7-19-12-16/h2-7,12H,8-11,13-14H2,1H3. The Kier molecular flexibility index (Phi) is 5.17. The van der Waals surface area contributed by atoms with E-state index in [4.69, 9.17) is 0 Å². The first-order valence-corrected chi connectivity index (χ1v) is 8.20. The highest BCUT2D eigenvalue weighted by molar-refractivity contribution is 5.44. The highest BCUT2D eigenvalue weighted by Gasteiger charge is 2.19. The summed E-state index contributed by atoms with van der Waals surface area (Å²) < 4.78 is 0. The minimum atomic E-state index is -0.301. The predicted molar refractivity (Wildman–Crippen MR) is 92.6 cm³/mol. The number of benzene rings is 1. The molecule has 0 amide bonds. The van der Waals surface area contributed by atoms with E-state index >= 15 is 0 Å². The number of rotatable bonds is 5. The molecule has 1 aromatic heterocycles. The molecule has 0 saturated carbocycles. The second-order valence-corrected chi connectivity index (χ2v) is 6.23. The maximum Gasteiger partial charge on any atom is 0.272 e. The molecule has 2 aromatic rings. The number of aromatic nitrogens is 1. The van der Waals surface area contributed by atoms with Gasteiger partial charge in [-0.2, -0.15) is 0 Å². The SMILES string of the molecule is Cc1c(CN2CCN(Cc3cccnc3)CC2)cccc1[N+](=O)[O-]. The van der Waals surface area contributed by atoms with Crippen molar-refractivity contribution in [3.8, 4) is 0 Å². The molecule has 1 aliphatic heterocycles. The van der Waals surface area contributed by atoms with Crippen molar-refractivity contribution >= 4 is 5.69 Å². The molecule has 24 heavy (non-hydrogen) atoms. The Morgan fingerprint density at radius 3 is 2.42 bits per heavy atom. The third-order valence-electron chi connectivity index (χ3n) is 4.60. The van der Waals surface area contributed by atoms with Crippen LogP contribution in [0, 0.1) is 17.0 Å². The number of nitrogens with zero attached hydrogens (tertiary/aromatic N) is 4. The summed E-state index contributed by atoms with van der Waals surface area (Å²) in [6.45, 7) is 7.49. The molecular formula is C18H22N4O2. The van der Waals surface area contributed by atoms with Crippen LogP contribution < -0.4 is 0 Å². The molecule has 0 aliphatic carbocycles. The fourth-order valence-corrected chi connectivity index (χ4v) is 3.14. The summed E-state index contributed by atoms with van der Waals surface area (Å²) in [5.41, 5.74) is 3.27. The average Bonchev–Trinajstić information content (AvgIpc) is 2.59. The van der Waals surface area contributed by atoms with E-state index in [1.165, 1.54) is 5.56 Å². The zero-order valence-electron chi connectivity index (χ0n) is 13.9. The van der Waals surface area contributed by atoms with Crippen molar-refractivity contribution in [1.29, 1.82) is 0 Å². The fraction of sp³-hybridized carbons (Fsp3) is 0.389. The predicted octanol–water partition coefficient (Wildman–Crippen LogP) is 2.62. The number of hydrogen-bond donors (Lipinski definition) is 0. The summed E-state index contributed by atoms with van der Waals surface area (Å²) in [5, 5.41) is 11.1. The van der Waals surface area contributed by atoms with Crippen molar-refractivity contribution in [1.82, 2.24) is 14.8 Å². The molecule has 1 fully saturated rings. The van der Waals surface area contributed by atoms with Crippen LogP contribution in [0.4, 0.5) is 5.69 Å². The summed E-state index contributed by atoms with van der Waals surface area (Å²) in [7, 11) is 0. The summed E-state index contributed by atoms with van der Waals surface area (Å²) in [6, 6.07) is 9.41. The van der Waals surface area contributed by atoms with Gasteiger partial charge in [0.2, 0.25) is 0 Å². The lowest BCUT2D eigenvalue weighted by atomic mass is 10.1. The van der Waals surface area contributed by atoms with Crippen LogP contribution in [0.25, 0.3) is 0 Å². The quantitative estimate of drug-likeness (QED) is 0.624. The Balaban J connectivity index is 1.56. The lowest BCUT2D eigenvalue weighted by Crippen LogP contribution is -2.45. The van der Waals surface area contributed by atoms with Crippen molar-refractivity contribution < 1.29 is 4.92 Å². The highest BCUT2D eigenvalue weighted by Crippen LogP contribution is 2.22. The number of nitro groups is 1. The first-order chi connectivity index (χ1) is 11.6. The van der Waals surface area contributed by atoms with Crippen molar-refractivity contribution in [2.45, 2.75) is 20.0 Å². The lowest BCUT2D eigenvalue weighted by molar-refractivity contribution is -0.385. The molecule has 6 heteroatoms. The summed E-state index contributed by atoms with van der Waals surface area (Å²) in [5.74, 6) is 0. The summed E-state index contributed by atoms with van der Waals surface area (Å²) >= 11 is 0. The topological polar surface area (TPSA) is 62.5 Å². The van der Waals surface area contributed by atoms with Gasteiger partial charge in [-0.25, -0.2) is 0 Å². The Hall–Kier alpha value is -2.31. The van der Waals surface area contributed by atoms with Gasteiger partial charge in [-0.1, -0.05) is 18.2 Å². The minimum Gasteiger partial charge on any atom is -0.297 e. The van der Waals surface area contributed by atoms with E-state index in [0.29, 0.717) is 0 Å². The lowest BCUT2D eigenvalue weighted by Gasteiger charge is -2.34. The van der Waals surface area contributed by atoms with Gasteiger partial charge in [-0.3, -0.25) is 24.9 Å². The molecule has 2 heterocycles. The Bertz CT molecular complexity index is 697. The zero-order valence-corrected chi connectivity index (χ0v) is 13.9. The number of nitro benzene ring substituents is 1. The van der Waals surface area contributed by atoms with Gasteiger partial charge in [0.05, 0.1) is 4.92 Å². The van der Waals surface area contributed by atoms with Gasteiger partial charge in [-0.05, 0) is 24.1 Å². The molecule has 0 unspecified atom stereocenters. The fourth-order valence-electron chi connectivity index (χ4n) is 3.14. The van der Waals surface area contributed by atoms with E-state index in [-0.39, 0.29) is 10.6 Å². The Morgan fingerprint density at radius 1 is 1.08 bits per heavy atom. The third-order valence-corrected chi connectivity index (χ3v) is 4.60. The van der Waals surface area contributed by atoms with Crippen LogP contribution in [0.5, 0.6) is 0 Å². The van der Waals surface area contributed by atoms with Crippen LogP contribution in [-0.4, -0.2) is 45.9 Å². The molecular weight excluding hydrogens is 304 g/mol. The van der Waals surface area contributed by atoms with E-state index in [0.717, 1.165) is 50.4 Å². The Morgan fingerprint density at radius 2 is 1.79 bits per heavy atom. The monoisotopic (exact) mass is 326 g/mol. The second kappa shape index (κ2) is 7.51. The summed E-state index contributed by atoms with van der Waals surface area (Å²) in [6.07, 6.45) is 3.71. The average molecular weight is 326 g/mol. The number of pyridine rings is 1. The molecule has 0 spiro atoms. The molecule has 1 saturated heterocycles. The molecule has 126 valence electrons. The van der Waals surface area contributed by atoms with Gasteiger partial charge in [-0.15, -0.1) is 0 Å². The molecule has 6 nitrogen and oxygen atoms in total. The molecule has 1 aromatic carbocycles. The number of piperazine rings is 1. The highest BCUT2D eigenvalue weighted by atomic mass is 16.6. The van der Waals surface area contributed by atoms with E-state index < -0.39 is 0 Å². The van der Waals surface area contributed by atoms with Crippen LogP contribution >= 0.6 is 0 Å². The van der Waals surface area contributed by atoms with E-state index in [9.17, 15) is 10.1 Å². The van der Waals surface area contributed by atoms with E-state index in [1.54, 1.807) is 18.3 Å². The maximum atomic E-state index is 11.1. The first-order valence-electron chi connectivity index (χ1n) is 8.20. The van der Waals surface area contributed by atoms with Crippen LogP contribution in [0.2, 0.25) is 0 Å². The molecule has 0 N–H and O–H groups in total. The van der Waals surface area contributed by atoms with Crippen LogP contribution in [0.15, 0.2) is 42.7 Å². The van der Waals surface area contributed by atoms with E-state index in [2.05, 4.69) is 20.9 Å². The largest absolute Gasteiger partial charge is 0.297 e. The first kappa shape index (κ1) is 16.5. The van der Waals surface area contributed by atoms with Crippen molar-refractivity contribution in [2.24, 2.45) is 0 Å². The van der Waals surface area contributed by atoms with Crippen molar-refractivity contribution in [3.63, 3.8) is 0 Å². The number of hydrogen-bond acceptors (Lipinski definition) is 5. The van der Waals surface area contributed by atoms with E-state index in [1.807, 2.05) is 25.3 Å². The third kappa shape index (κ3) is 3.96. The molecule has 3 rings (SSSR count). The van der Waals surface area contributed by atoms with Gasteiger partial charge >= 0.3 is 0 Å². The minimum absolute atomic E-state index is 0.211.